The molecule has 3 rings (SSSR count). The lowest BCUT2D eigenvalue weighted by molar-refractivity contribution is 1.02. The van der Waals surface area contributed by atoms with Gasteiger partial charge in [0.25, 0.3) is 5.56 Å². The van der Waals surface area contributed by atoms with Crippen molar-refractivity contribution in [3.8, 4) is 11.1 Å². The van der Waals surface area contributed by atoms with Crippen molar-refractivity contribution < 1.29 is 0 Å². The summed E-state index contributed by atoms with van der Waals surface area (Å²) in [6.07, 6.45) is 0. The normalized spacial score (nSPS) is 11.4. The van der Waals surface area contributed by atoms with Crippen LogP contribution < -0.4 is 5.56 Å². The van der Waals surface area contributed by atoms with Crippen LogP contribution in [0, 0.1) is 6.92 Å². The van der Waals surface area contributed by atoms with E-state index in [-0.39, 0.29) is 11.4 Å². The van der Waals surface area contributed by atoms with E-state index in [4.69, 9.17) is 23.2 Å². The number of halogens is 2. The summed E-state index contributed by atoms with van der Waals surface area (Å²) >= 11 is 13.0. The fourth-order valence-electron chi connectivity index (χ4n) is 2.19. The molecular weight excluding hydrogens is 315 g/mol. The van der Waals surface area contributed by atoms with Crippen LogP contribution in [0.25, 0.3) is 21.3 Å². The highest BCUT2D eigenvalue weighted by Gasteiger charge is 2.18. The Balaban J connectivity index is 2.35. The summed E-state index contributed by atoms with van der Waals surface area (Å²) in [5, 5.41) is 0.594. The van der Waals surface area contributed by atoms with E-state index in [0.29, 0.717) is 10.2 Å². The number of benzene rings is 1. The van der Waals surface area contributed by atoms with Crippen LogP contribution in [0.1, 0.15) is 15.5 Å². The summed E-state index contributed by atoms with van der Waals surface area (Å²) in [5.41, 5.74) is 1.72. The molecule has 0 fully saturated rings. The first-order valence-electron chi connectivity index (χ1n) is 5.95. The van der Waals surface area contributed by atoms with Gasteiger partial charge in [0.2, 0.25) is 0 Å². The highest BCUT2D eigenvalue weighted by molar-refractivity contribution is 7.19. The number of nitrogens with zero attached hydrogens (tertiary/aromatic N) is 1. The highest BCUT2D eigenvalue weighted by Crippen LogP contribution is 2.36. The number of alkyl halides is 2. The number of aryl methyl sites for hydroxylation is 1. The van der Waals surface area contributed by atoms with Crippen molar-refractivity contribution >= 4 is 44.8 Å². The van der Waals surface area contributed by atoms with Crippen molar-refractivity contribution in [2.45, 2.75) is 11.8 Å². The third-order valence-electron chi connectivity index (χ3n) is 3.03. The van der Waals surface area contributed by atoms with Gasteiger partial charge in [0.1, 0.15) is 10.7 Å². The van der Waals surface area contributed by atoms with Gasteiger partial charge in [-0.25, -0.2) is 4.98 Å². The Morgan fingerprint density at radius 3 is 2.60 bits per heavy atom. The van der Waals surface area contributed by atoms with E-state index in [0.717, 1.165) is 16.0 Å². The first-order valence-corrected chi connectivity index (χ1v) is 7.63. The largest absolute Gasteiger partial charge is 0.308 e. The van der Waals surface area contributed by atoms with Crippen LogP contribution in [0.15, 0.2) is 35.1 Å². The lowest BCUT2D eigenvalue weighted by Gasteiger charge is -2.02. The molecule has 2 aromatic heterocycles. The molecule has 0 saturated heterocycles. The van der Waals surface area contributed by atoms with Crippen LogP contribution in [0.3, 0.4) is 0 Å². The van der Waals surface area contributed by atoms with Gasteiger partial charge in [-0.15, -0.1) is 11.3 Å². The van der Waals surface area contributed by atoms with Crippen molar-refractivity contribution in [1.29, 1.82) is 0 Å². The number of nitrogens with one attached hydrogen (secondary N) is 1. The molecule has 3 aromatic rings. The first kappa shape index (κ1) is 13.6. The van der Waals surface area contributed by atoms with Crippen LogP contribution in [0.4, 0.5) is 0 Å². The SMILES string of the molecule is Cc1sc2nc(C(Cl)Cl)[nH]c(=O)c2c1-c1ccccc1. The van der Waals surface area contributed by atoms with Gasteiger partial charge >= 0.3 is 0 Å². The maximum absolute atomic E-state index is 12.3. The molecule has 0 radical (unpaired) electrons. The number of hydrogen-bond acceptors (Lipinski definition) is 3. The average Bonchev–Trinajstić information content (AvgIpc) is 2.76. The van der Waals surface area contributed by atoms with Gasteiger partial charge in [0.15, 0.2) is 4.84 Å². The van der Waals surface area contributed by atoms with Crippen LogP contribution in [0.2, 0.25) is 0 Å². The molecule has 1 aromatic carbocycles. The van der Waals surface area contributed by atoms with Crippen molar-refractivity contribution in [3.05, 3.63) is 51.4 Å². The lowest BCUT2D eigenvalue weighted by Crippen LogP contribution is -2.11. The fourth-order valence-corrected chi connectivity index (χ4v) is 3.45. The molecule has 0 aliphatic rings. The molecule has 0 atom stereocenters. The predicted molar refractivity (Wildman–Crippen MR) is 84.9 cm³/mol. The van der Waals surface area contributed by atoms with Gasteiger partial charge in [-0.05, 0) is 12.5 Å². The molecule has 0 spiro atoms. The van der Waals surface area contributed by atoms with Crippen LogP contribution >= 0.6 is 34.5 Å². The zero-order valence-corrected chi connectivity index (χ0v) is 12.8. The second kappa shape index (κ2) is 5.20. The zero-order chi connectivity index (χ0) is 14.3. The van der Waals surface area contributed by atoms with E-state index >= 15 is 0 Å². The standard InChI is InChI=1S/C14H10Cl2N2OS/c1-7-9(8-5-3-2-4-6-8)10-13(19)17-12(11(15)16)18-14(10)20-7/h2-6,11H,1H3,(H,17,18,19). The minimum absolute atomic E-state index is 0.209. The third-order valence-corrected chi connectivity index (χ3v) is 4.44. The van der Waals surface area contributed by atoms with Gasteiger partial charge in [-0.1, -0.05) is 53.5 Å². The summed E-state index contributed by atoms with van der Waals surface area (Å²) in [4.78, 5) is 20.2. The Kier molecular flexibility index (Phi) is 3.54. The van der Waals surface area contributed by atoms with Gasteiger partial charge in [-0.3, -0.25) is 4.79 Å². The van der Waals surface area contributed by atoms with Crippen LogP contribution in [-0.4, -0.2) is 9.97 Å². The molecule has 0 saturated carbocycles. The lowest BCUT2D eigenvalue weighted by atomic mass is 10.0. The van der Waals surface area contributed by atoms with E-state index in [1.54, 1.807) is 0 Å². The Hall–Kier alpha value is -1.36. The topological polar surface area (TPSA) is 45.8 Å². The molecule has 0 aliphatic carbocycles. The third kappa shape index (κ3) is 2.24. The van der Waals surface area contributed by atoms with Gasteiger partial charge in [-0.2, -0.15) is 0 Å². The second-order valence-electron chi connectivity index (χ2n) is 4.33. The first-order chi connectivity index (χ1) is 9.58. The molecule has 1 N–H and O–H groups in total. The molecule has 0 aliphatic heterocycles. The average molecular weight is 325 g/mol. The summed E-state index contributed by atoms with van der Waals surface area (Å²) < 4.78 is 0. The van der Waals surface area contributed by atoms with Crippen LogP contribution in [-0.2, 0) is 0 Å². The fraction of sp³-hybridized carbons (Fsp3) is 0.143. The molecule has 102 valence electrons. The Morgan fingerprint density at radius 2 is 1.95 bits per heavy atom. The quantitative estimate of drug-likeness (QED) is 0.708. The van der Waals surface area contributed by atoms with Crippen molar-refractivity contribution in [2.24, 2.45) is 0 Å². The molecule has 3 nitrogen and oxygen atoms in total. The highest BCUT2D eigenvalue weighted by atomic mass is 35.5. The minimum Gasteiger partial charge on any atom is -0.308 e. The Labute approximate surface area is 129 Å². The predicted octanol–water partition coefficient (Wildman–Crippen LogP) is 4.44. The molecular formula is C14H10Cl2N2OS. The minimum atomic E-state index is -0.838. The molecule has 0 amide bonds. The van der Waals surface area contributed by atoms with E-state index < -0.39 is 4.84 Å². The summed E-state index contributed by atoms with van der Waals surface area (Å²) in [5.74, 6) is 0.284. The molecule has 0 bridgehead atoms. The summed E-state index contributed by atoms with van der Waals surface area (Å²) in [6, 6.07) is 9.80. The smallest absolute Gasteiger partial charge is 0.260 e. The Bertz CT molecular complexity index is 824. The maximum atomic E-state index is 12.3. The summed E-state index contributed by atoms with van der Waals surface area (Å²) in [7, 11) is 0. The number of H-pyrrole nitrogens is 1. The maximum Gasteiger partial charge on any atom is 0.260 e. The number of aromatic amines is 1. The molecule has 6 heteroatoms. The molecule has 2 heterocycles. The number of aromatic nitrogens is 2. The number of hydrogen-bond donors (Lipinski definition) is 1. The molecule has 20 heavy (non-hydrogen) atoms. The van der Waals surface area contributed by atoms with E-state index in [1.165, 1.54) is 11.3 Å². The van der Waals surface area contributed by atoms with Crippen molar-refractivity contribution in [2.75, 3.05) is 0 Å². The van der Waals surface area contributed by atoms with Crippen LogP contribution in [0.5, 0.6) is 0 Å². The van der Waals surface area contributed by atoms with Gasteiger partial charge in [0.05, 0.1) is 5.39 Å². The zero-order valence-electron chi connectivity index (χ0n) is 10.5. The van der Waals surface area contributed by atoms with Gasteiger partial charge in [0, 0.05) is 10.4 Å². The number of rotatable bonds is 2. The van der Waals surface area contributed by atoms with Crippen molar-refractivity contribution in [1.82, 2.24) is 9.97 Å². The van der Waals surface area contributed by atoms with E-state index in [9.17, 15) is 4.79 Å². The monoisotopic (exact) mass is 324 g/mol. The van der Waals surface area contributed by atoms with E-state index in [2.05, 4.69) is 9.97 Å². The summed E-state index contributed by atoms with van der Waals surface area (Å²) in [6.45, 7) is 1.98. The van der Waals surface area contributed by atoms with Gasteiger partial charge < -0.3 is 4.98 Å². The second-order valence-corrected chi connectivity index (χ2v) is 6.63. The number of fused-ring (bicyclic) bond motifs is 1. The molecule has 0 unspecified atom stereocenters. The number of thiophene rings is 1. The Morgan fingerprint density at radius 1 is 1.25 bits per heavy atom. The van der Waals surface area contributed by atoms with Crippen molar-refractivity contribution in [3.63, 3.8) is 0 Å². The van der Waals surface area contributed by atoms with E-state index in [1.807, 2.05) is 37.3 Å².